The van der Waals surface area contributed by atoms with Crippen molar-refractivity contribution in [3.05, 3.63) is 89.0 Å². The number of hydrogen-bond donors (Lipinski definition) is 2. The number of fused-ring (bicyclic) bond motifs is 2. The van der Waals surface area contributed by atoms with Crippen molar-refractivity contribution < 1.29 is 14.3 Å². The predicted octanol–water partition coefficient (Wildman–Crippen LogP) is 7.03. The van der Waals surface area contributed by atoms with Crippen LogP contribution in [0.1, 0.15) is 74.2 Å². The van der Waals surface area contributed by atoms with Gasteiger partial charge in [0.1, 0.15) is 5.75 Å². The number of carbonyl (C=O) groups excluding carboxylic acids is 2. The second-order valence-corrected chi connectivity index (χ2v) is 10.3. The molecular formula is C31H35N3O3. The van der Waals surface area contributed by atoms with E-state index in [1.165, 1.54) is 16.7 Å². The SMILES string of the molecule is CC[C@@H]1Oc2ccc(NC(=O)Nc3ccc(C(C)C)cc3)cc2CN([C@@H]2CCCc3ccccc32)C1=O. The van der Waals surface area contributed by atoms with Crippen molar-refractivity contribution >= 4 is 23.3 Å². The van der Waals surface area contributed by atoms with Gasteiger partial charge in [-0.25, -0.2) is 4.79 Å². The van der Waals surface area contributed by atoms with Gasteiger partial charge in [-0.15, -0.1) is 0 Å². The second-order valence-electron chi connectivity index (χ2n) is 10.3. The summed E-state index contributed by atoms with van der Waals surface area (Å²) >= 11 is 0. The van der Waals surface area contributed by atoms with E-state index in [-0.39, 0.29) is 18.0 Å². The van der Waals surface area contributed by atoms with Crippen LogP contribution >= 0.6 is 0 Å². The molecule has 192 valence electrons. The predicted molar refractivity (Wildman–Crippen MR) is 147 cm³/mol. The van der Waals surface area contributed by atoms with Crippen LogP contribution in [0.4, 0.5) is 16.2 Å². The van der Waals surface area contributed by atoms with E-state index in [2.05, 4.69) is 48.7 Å². The maximum Gasteiger partial charge on any atom is 0.323 e. The molecule has 0 saturated carbocycles. The first-order valence-corrected chi connectivity index (χ1v) is 13.3. The van der Waals surface area contributed by atoms with Crippen LogP contribution in [0.25, 0.3) is 0 Å². The molecule has 37 heavy (non-hydrogen) atoms. The highest BCUT2D eigenvalue weighted by molar-refractivity contribution is 5.99. The molecule has 2 atom stereocenters. The van der Waals surface area contributed by atoms with Gasteiger partial charge in [0.2, 0.25) is 0 Å². The van der Waals surface area contributed by atoms with Crippen LogP contribution < -0.4 is 15.4 Å². The van der Waals surface area contributed by atoms with Crippen molar-refractivity contribution in [2.24, 2.45) is 0 Å². The van der Waals surface area contributed by atoms with Crippen molar-refractivity contribution in [2.45, 2.75) is 71.1 Å². The fourth-order valence-corrected chi connectivity index (χ4v) is 5.36. The second kappa shape index (κ2) is 10.7. The summed E-state index contributed by atoms with van der Waals surface area (Å²) in [5.41, 5.74) is 6.06. The highest BCUT2D eigenvalue weighted by Crippen LogP contribution is 2.39. The van der Waals surface area contributed by atoms with E-state index in [1.807, 2.05) is 54.3 Å². The summed E-state index contributed by atoms with van der Waals surface area (Å²) in [7, 11) is 0. The third-order valence-corrected chi connectivity index (χ3v) is 7.41. The number of amides is 3. The van der Waals surface area contributed by atoms with Crippen LogP contribution in [0.3, 0.4) is 0 Å². The molecule has 2 N–H and O–H groups in total. The van der Waals surface area contributed by atoms with E-state index in [0.717, 1.165) is 30.5 Å². The zero-order valence-corrected chi connectivity index (χ0v) is 21.8. The standard InChI is InChI=1S/C31H35N3O3/c1-4-28-30(35)34(27-11-7-9-22-8-5-6-10-26(22)27)19-23-18-25(16-17-29(23)37-28)33-31(36)32-24-14-12-21(13-15-24)20(2)3/h5-6,8,10,12-18,20,27-28H,4,7,9,11,19H2,1-3H3,(H2,32,33,36)/t27-,28+/m1/s1. The fraction of sp³-hybridized carbons (Fsp3) is 0.355. The van der Waals surface area contributed by atoms with Gasteiger partial charge in [-0.3, -0.25) is 4.79 Å². The number of rotatable bonds is 5. The lowest BCUT2D eigenvalue weighted by Gasteiger charge is -2.36. The molecule has 1 aliphatic heterocycles. The van der Waals surface area contributed by atoms with Gasteiger partial charge in [-0.1, -0.05) is 57.2 Å². The summed E-state index contributed by atoms with van der Waals surface area (Å²) in [5.74, 6) is 1.16. The maximum absolute atomic E-state index is 13.6. The molecule has 6 nitrogen and oxygen atoms in total. The average Bonchev–Trinajstić information content (AvgIpc) is 3.04. The molecule has 0 saturated heterocycles. The number of nitrogens with one attached hydrogen (secondary N) is 2. The largest absolute Gasteiger partial charge is 0.480 e. The number of nitrogens with zero attached hydrogens (tertiary/aromatic N) is 1. The quantitative estimate of drug-likeness (QED) is 0.397. The number of hydrogen-bond acceptors (Lipinski definition) is 3. The Morgan fingerprint density at radius 3 is 2.49 bits per heavy atom. The third kappa shape index (κ3) is 5.33. The normalized spacial score (nSPS) is 18.9. The monoisotopic (exact) mass is 497 g/mol. The highest BCUT2D eigenvalue weighted by atomic mass is 16.5. The molecule has 5 rings (SSSR count). The fourth-order valence-electron chi connectivity index (χ4n) is 5.36. The van der Waals surface area contributed by atoms with E-state index in [0.29, 0.717) is 30.3 Å². The van der Waals surface area contributed by atoms with Crippen LogP contribution in [0.5, 0.6) is 5.75 Å². The van der Waals surface area contributed by atoms with E-state index in [4.69, 9.17) is 4.74 Å². The Morgan fingerprint density at radius 1 is 1.00 bits per heavy atom. The number of anilines is 2. The summed E-state index contributed by atoms with van der Waals surface area (Å²) in [5, 5.41) is 5.83. The minimum Gasteiger partial charge on any atom is -0.480 e. The molecule has 0 spiro atoms. The molecule has 3 amide bonds. The highest BCUT2D eigenvalue weighted by Gasteiger charge is 2.36. The number of benzene rings is 3. The number of carbonyl (C=O) groups is 2. The molecule has 0 fully saturated rings. The zero-order valence-electron chi connectivity index (χ0n) is 21.8. The first kappa shape index (κ1) is 24.9. The number of aryl methyl sites for hydroxylation is 1. The van der Waals surface area contributed by atoms with E-state index in [1.54, 1.807) is 0 Å². The lowest BCUT2D eigenvalue weighted by molar-refractivity contribution is -0.141. The lowest BCUT2D eigenvalue weighted by atomic mass is 9.86. The third-order valence-electron chi connectivity index (χ3n) is 7.41. The summed E-state index contributed by atoms with van der Waals surface area (Å²) in [6.07, 6.45) is 3.11. The molecule has 0 bridgehead atoms. The maximum atomic E-state index is 13.6. The van der Waals surface area contributed by atoms with Gasteiger partial charge < -0.3 is 20.3 Å². The topological polar surface area (TPSA) is 70.7 Å². The molecule has 0 radical (unpaired) electrons. The molecule has 0 aromatic heterocycles. The van der Waals surface area contributed by atoms with Crippen molar-refractivity contribution in [1.82, 2.24) is 4.90 Å². The molecule has 1 aliphatic carbocycles. The Labute approximate surface area is 219 Å². The molecule has 6 heteroatoms. The van der Waals surface area contributed by atoms with E-state index >= 15 is 0 Å². The first-order valence-electron chi connectivity index (χ1n) is 13.3. The van der Waals surface area contributed by atoms with Crippen molar-refractivity contribution in [1.29, 1.82) is 0 Å². The lowest BCUT2D eigenvalue weighted by Crippen LogP contribution is -2.42. The van der Waals surface area contributed by atoms with Gasteiger partial charge >= 0.3 is 6.03 Å². The van der Waals surface area contributed by atoms with Gasteiger partial charge in [0, 0.05) is 16.9 Å². The summed E-state index contributed by atoms with van der Waals surface area (Å²) in [6, 6.07) is 21.6. The number of ether oxygens (including phenoxy) is 1. The minimum absolute atomic E-state index is 0.0229. The summed E-state index contributed by atoms with van der Waals surface area (Å²) < 4.78 is 6.19. The summed E-state index contributed by atoms with van der Waals surface area (Å²) in [4.78, 5) is 28.3. The Bertz CT molecular complexity index is 1290. The van der Waals surface area contributed by atoms with E-state index < -0.39 is 6.10 Å². The average molecular weight is 498 g/mol. The molecule has 2 aliphatic rings. The van der Waals surface area contributed by atoms with Crippen molar-refractivity contribution in [3.63, 3.8) is 0 Å². The van der Waals surface area contributed by atoms with Crippen LogP contribution in [0, 0.1) is 0 Å². The van der Waals surface area contributed by atoms with Crippen molar-refractivity contribution in [3.8, 4) is 5.75 Å². The molecule has 0 unspecified atom stereocenters. The first-order chi connectivity index (χ1) is 17.9. The van der Waals surface area contributed by atoms with Crippen molar-refractivity contribution in [2.75, 3.05) is 10.6 Å². The van der Waals surface area contributed by atoms with E-state index in [9.17, 15) is 9.59 Å². The van der Waals surface area contributed by atoms with Gasteiger partial charge in [0.25, 0.3) is 5.91 Å². The Kier molecular flexibility index (Phi) is 7.17. The van der Waals surface area contributed by atoms with Gasteiger partial charge in [-0.05, 0) is 78.6 Å². The molecule has 3 aromatic carbocycles. The van der Waals surface area contributed by atoms with Crippen LogP contribution in [0.2, 0.25) is 0 Å². The molecular weight excluding hydrogens is 462 g/mol. The van der Waals surface area contributed by atoms with Crippen LogP contribution in [-0.2, 0) is 17.8 Å². The van der Waals surface area contributed by atoms with Gasteiger partial charge in [-0.2, -0.15) is 0 Å². The summed E-state index contributed by atoms with van der Waals surface area (Å²) in [6.45, 7) is 6.70. The minimum atomic E-state index is -0.522. The van der Waals surface area contributed by atoms with Crippen LogP contribution in [0.15, 0.2) is 66.7 Å². The Hall–Kier alpha value is -3.80. The Balaban J connectivity index is 1.37. The number of urea groups is 1. The van der Waals surface area contributed by atoms with Crippen LogP contribution in [-0.4, -0.2) is 22.9 Å². The smallest absolute Gasteiger partial charge is 0.323 e. The molecule has 1 heterocycles. The zero-order chi connectivity index (χ0) is 25.9. The van der Waals surface area contributed by atoms with Gasteiger partial charge in [0.15, 0.2) is 6.10 Å². The van der Waals surface area contributed by atoms with Gasteiger partial charge in [0.05, 0.1) is 12.6 Å². The molecule has 3 aromatic rings. The Morgan fingerprint density at radius 2 is 1.73 bits per heavy atom.